The van der Waals surface area contributed by atoms with Gasteiger partial charge in [0.1, 0.15) is 5.75 Å². The number of hydrogen-bond donors (Lipinski definition) is 1. The lowest BCUT2D eigenvalue weighted by molar-refractivity contribution is 0.263. The van der Waals surface area contributed by atoms with Crippen LogP contribution in [0.3, 0.4) is 0 Å². The first kappa shape index (κ1) is 15.7. The van der Waals surface area contributed by atoms with Crippen molar-refractivity contribution >= 4 is 0 Å². The number of ether oxygens (including phenoxy) is 1. The molecule has 5 nitrogen and oxygen atoms in total. The fraction of sp³-hybridized carbons (Fsp3) is 0.444. The number of aryl methyl sites for hydroxylation is 1. The number of nitrogens with one attached hydrogen (secondary N) is 1. The Morgan fingerprint density at radius 1 is 1.22 bits per heavy atom. The molecule has 23 heavy (non-hydrogen) atoms. The minimum Gasteiger partial charge on any atom is -0.494 e. The summed E-state index contributed by atoms with van der Waals surface area (Å²) < 4.78 is 5.79. The molecule has 0 saturated carbocycles. The molecule has 1 aliphatic heterocycles. The van der Waals surface area contributed by atoms with Crippen LogP contribution in [-0.4, -0.2) is 41.3 Å². The van der Waals surface area contributed by atoms with Crippen molar-refractivity contribution in [2.24, 2.45) is 0 Å². The van der Waals surface area contributed by atoms with Gasteiger partial charge in [-0.2, -0.15) is 5.10 Å². The van der Waals surface area contributed by atoms with Gasteiger partial charge in [0.15, 0.2) is 0 Å². The lowest BCUT2D eigenvalue weighted by Gasteiger charge is -2.14. The van der Waals surface area contributed by atoms with Crippen LogP contribution >= 0.6 is 0 Å². The molecule has 1 saturated heterocycles. The number of likely N-dealkylation sites (tertiary alicyclic amines) is 1. The van der Waals surface area contributed by atoms with Crippen LogP contribution in [0.15, 0.2) is 35.1 Å². The van der Waals surface area contributed by atoms with Crippen molar-refractivity contribution in [3.05, 3.63) is 46.2 Å². The fourth-order valence-electron chi connectivity index (χ4n) is 2.86. The maximum absolute atomic E-state index is 11.4. The first-order chi connectivity index (χ1) is 11.2. The lowest BCUT2D eigenvalue weighted by atomic mass is 10.1. The molecule has 2 aromatic rings. The van der Waals surface area contributed by atoms with Crippen LogP contribution in [0, 0.1) is 6.92 Å². The SMILES string of the molecule is Cc1cc(-c2ccc(OCCCN3CCCC3)cc2)n[nH]c1=O. The van der Waals surface area contributed by atoms with E-state index in [1.165, 1.54) is 25.9 Å². The molecule has 0 spiro atoms. The van der Waals surface area contributed by atoms with Crippen molar-refractivity contribution in [2.45, 2.75) is 26.2 Å². The molecular weight excluding hydrogens is 290 g/mol. The van der Waals surface area contributed by atoms with E-state index < -0.39 is 0 Å². The highest BCUT2D eigenvalue weighted by molar-refractivity contribution is 5.59. The maximum Gasteiger partial charge on any atom is 0.267 e. The Kier molecular flexibility index (Phi) is 5.08. The van der Waals surface area contributed by atoms with Crippen molar-refractivity contribution < 1.29 is 4.74 Å². The van der Waals surface area contributed by atoms with Crippen molar-refractivity contribution in [1.82, 2.24) is 15.1 Å². The fourth-order valence-corrected chi connectivity index (χ4v) is 2.86. The molecule has 0 bridgehead atoms. The van der Waals surface area contributed by atoms with Crippen LogP contribution in [0.4, 0.5) is 0 Å². The number of hydrogen-bond acceptors (Lipinski definition) is 4. The van der Waals surface area contributed by atoms with Crippen molar-refractivity contribution in [3.8, 4) is 17.0 Å². The molecule has 0 atom stereocenters. The average molecular weight is 313 g/mol. The number of aromatic nitrogens is 2. The van der Waals surface area contributed by atoms with E-state index in [0.29, 0.717) is 5.56 Å². The van der Waals surface area contributed by atoms with Crippen molar-refractivity contribution in [1.29, 1.82) is 0 Å². The Balaban J connectivity index is 1.52. The van der Waals surface area contributed by atoms with Gasteiger partial charge in [0.25, 0.3) is 5.56 Å². The maximum atomic E-state index is 11.4. The number of H-pyrrole nitrogens is 1. The molecule has 0 amide bonds. The molecule has 0 aliphatic carbocycles. The van der Waals surface area contributed by atoms with E-state index in [2.05, 4.69) is 15.1 Å². The zero-order chi connectivity index (χ0) is 16.1. The summed E-state index contributed by atoms with van der Waals surface area (Å²) in [5, 5.41) is 6.58. The zero-order valence-corrected chi connectivity index (χ0v) is 13.5. The lowest BCUT2D eigenvalue weighted by Crippen LogP contribution is -2.21. The van der Waals surface area contributed by atoms with Gasteiger partial charge in [-0.05, 0) is 69.6 Å². The Labute approximate surface area is 136 Å². The van der Waals surface area contributed by atoms with Gasteiger partial charge in [-0.3, -0.25) is 4.79 Å². The molecule has 1 aromatic carbocycles. The normalized spacial score (nSPS) is 15.0. The third kappa shape index (κ3) is 4.20. The first-order valence-corrected chi connectivity index (χ1v) is 8.24. The third-order valence-electron chi connectivity index (χ3n) is 4.23. The summed E-state index contributed by atoms with van der Waals surface area (Å²) in [6.07, 6.45) is 3.73. The molecule has 1 fully saturated rings. The molecule has 0 radical (unpaired) electrons. The molecule has 1 aliphatic rings. The Morgan fingerprint density at radius 3 is 2.65 bits per heavy atom. The number of rotatable bonds is 6. The number of aromatic amines is 1. The van der Waals surface area contributed by atoms with Gasteiger partial charge in [0.2, 0.25) is 0 Å². The van der Waals surface area contributed by atoms with Gasteiger partial charge in [0.05, 0.1) is 12.3 Å². The van der Waals surface area contributed by atoms with Crippen LogP contribution in [0.1, 0.15) is 24.8 Å². The summed E-state index contributed by atoms with van der Waals surface area (Å²) in [5.41, 5.74) is 2.25. The van der Waals surface area contributed by atoms with Gasteiger partial charge in [0, 0.05) is 17.7 Å². The minimum absolute atomic E-state index is 0.147. The Bertz CT molecular complexity index is 688. The number of nitrogens with zero attached hydrogens (tertiary/aromatic N) is 2. The van der Waals surface area contributed by atoms with Crippen LogP contribution in [0.5, 0.6) is 5.75 Å². The second kappa shape index (κ2) is 7.42. The minimum atomic E-state index is -0.147. The predicted octanol–water partition coefficient (Wildman–Crippen LogP) is 2.61. The van der Waals surface area contributed by atoms with Crippen molar-refractivity contribution in [3.63, 3.8) is 0 Å². The van der Waals surface area contributed by atoms with E-state index in [1.807, 2.05) is 24.3 Å². The number of benzene rings is 1. The summed E-state index contributed by atoms with van der Waals surface area (Å²) in [6, 6.07) is 9.64. The van der Waals surface area contributed by atoms with Crippen LogP contribution in [-0.2, 0) is 0 Å². The van der Waals surface area contributed by atoms with Crippen LogP contribution < -0.4 is 10.3 Å². The van der Waals surface area contributed by atoms with Crippen molar-refractivity contribution in [2.75, 3.05) is 26.2 Å². The highest BCUT2D eigenvalue weighted by Crippen LogP contribution is 2.20. The van der Waals surface area contributed by atoms with E-state index in [4.69, 9.17) is 4.74 Å². The first-order valence-electron chi connectivity index (χ1n) is 8.24. The summed E-state index contributed by atoms with van der Waals surface area (Å²) in [6.45, 7) is 6.12. The quantitative estimate of drug-likeness (QED) is 0.833. The third-order valence-corrected chi connectivity index (χ3v) is 4.23. The smallest absolute Gasteiger partial charge is 0.267 e. The second-order valence-electron chi connectivity index (χ2n) is 6.04. The largest absolute Gasteiger partial charge is 0.494 e. The molecule has 0 unspecified atom stereocenters. The highest BCUT2D eigenvalue weighted by atomic mass is 16.5. The molecule has 1 aromatic heterocycles. The molecular formula is C18H23N3O2. The Morgan fingerprint density at radius 2 is 1.96 bits per heavy atom. The molecule has 5 heteroatoms. The van der Waals surface area contributed by atoms with E-state index >= 15 is 0 Å². The summed E-state index contributed by atoms with van der Waals surface area (Å²) in [7, 11) is 0. The molecule has 122 valence electrons. The van der Waals surface area contributed by atoms with Gasteiger partial charge in [-0.1, -0.05) is 0 Å². The summed E-state index contributed by atoms with van der Waals surface area (Å²) >= 11 is 0. The van der Waals surface area contributed by atoms with E-state index in [9.17, 15) is 4.79 Å². The van der Waals surface area contributed by atoms with Gasteiger partial charge in [-0.25, -0.2) is 5.10 Å². The highest BCUT2D eigenvalue weighted by Gasteiger charge is 2.10. The topological polar surface area (TPSA) is 58.2 Å². The summed E-state index contributed by atoms with van der Waals surface area (Å²) in [4.78, 5) is 13.9. The molecule has 2 heterocycles. The van der Waals surface area contributed by atoms with Gasteiger partial charge in [-0.15, -0.1) is 0 Å². The standard InChI is InChI=1S/C18H23N3O2/c1-14-13-17(19-20-18(14)22)15-5-7-16(8-6-15)23-12-4-11-21-9-2-3-10-21/h5-8,13H,2-4,9-12H2,1H3,(H,20,22). The van der Waals surface area contributed by atoms with Crippen LogP contribution in [0.2, 0.25) is 0 Å². The molecule has 1 N–H and O–H groups in total. The van der Waals surface area contributed by atoms with E-state index in [-0.39, 0.29) is 5.56 Å². The summed E-state index contributed by atoms with van der Waals surface area (Å²) in [5.74, 6) is 0.872. The monoisotopic (exact) mass is 313 g/mol. The average Bonchev–Trinajstić information content (AvgIpc) is 3.08. The van der Waals surface area contributed by atoms with Gasteiger partial charge >= 0.3 is 0 Å². The molecule has 3 rings (SSSR count). The van der Waals surface area contributed by atoms with Gasteiger partial charge < -0.3 is 9.64 Å². The predicted molar refractivity (Wildman–Crippen MR) is 90.8 cm³/mol. The Hall–Kier alpha value is -2.14. The zero-order valence-electron chi connectivity index (χ0n) is 13.5. The van der Waals surface area contributed by atoms with Crippen LogP contribution in [0.25, 0.3) is 11.3 Å². The second-order valence-corrected chi connectivity index (χ2v) is 6.04. The van der Waals surface area contributed by atoms with E-state index in [0.717, 1.165) is 36.6 Å². The van der Waals surface area contributed by atoms with E-state index in [1.54, 1.807) is 13.0 Å².